The molecule has 4 heteroatoms. The summed E-state index contributed by atoms with van der Waals surface area (Å²) in [6.45, 7) is 3.17. The predicted molar refractivity (Wildman–Crippen MR) is 101 cm³/mol. The lowest BCUT2D eigenvalue weighted by molar-refractivity contribution is 0.564. The van der Waals surface area contributed by atoms with Crippen LogP contribution >= 0.6 is 11.3 Å². The third-order valence-corrected chi connectivity index (χ3v) is 5.64. The molecule has 0 amide bonds. The van der Waals surface area contributed by atoms with Crippen LogP contribution in [-0.4, -0.2) is 16.1 Å². The van der Waals surface area contributed by atoms with Crippen LogP contribution in [0.1, 0.15) is 18.0 Å². The summed E-state index contributed by atoms with van der Waals surface area (Å²) < 4.78 is 2.40. The number of aromatic nitrogens is 2. The first-order valence-electron chi connectivity index (χ1n) is 8.25. The number of hydrogen-bond acceptors (Lipinski definition) is 3. The van der Waals surface area contributed by atoms with Crippen LogP contribution in [0.15, 0.2) is 66.0 Å². The first-order valence-corrected chi connectivity index (χ1v) is 9.13. The lowest BCUT2D eigenvalue weighted by atomic mass is 10.1. The number of para-hydroxylation sites is 3. The van der Waals surface area contributed by atoms with Crippen molar-refractivity contribution in [2.45, 2.75) is 13.1 Å². The van der Waals surface area contributed by atoms with Gasteiger partial charge in [-0.05, 0) is 42.6 Å². The quantitative estimate of drug-likeness (QED) is 0.506. The number of benzene rings is 2. The Bertz CT molecular complexity index is 1020. The molecule has 0 unspecified atom stereocenters. The van der Waals surface area contributed by atoms with Crippen molar-refractivity contribution in [3.8, 4) is 11.4 Å². The Morgan fingerprint density at radius 2 is 1.83 bits per heavy atom. The second-order valence-electron chi connectivity index (χ2n) is 5.99. The minimum atomic E-state index is 0.160. The number of anilines is 1. The van der Waals surface area contributed by atoms with Crippen molar-refractivity contribution in [2.24, 2.45) is 0 Å². The minimum Gasteiger partial charge on any atom is -0.346 e. The summed E-state index contributed by atoms with van der Waals surface area (Å²) in [5.41, 5.74) is 4.73. The molecule has 4 aromatic rings. The second-order valence-corrected chi connectivity index (χ2v) is 6.97. The SMILES string of the molecule is CCN1c2ccccc2-c2nc3ccccc3n2[C@H]1c1cccs1. The Labute approximate surface area is 144 Å². The van der Waals surface area contributed by atoms with E-state index < -0.39 is 0 Å². The van der Waals surface area contributed by atoms with Gasteiger partial charge in [-0.3, -0.25) is 4.57 Å². The van der Waals surface area contributed by atoms with Crippen molar-refractivity contribution in [3.63, 3.8) is 0 Å². The van der Waals surface area contributed by atoms with E-state index in [1.165, 1.54) is 21.6 Å². The first-order chi connectivity index (χ1) is 11.9. The normalized spacial score (nSPS) is 16.2. The molecule has 0 saturated heterocycles. The zero-order chi connectivity index (χ0) is 16.1. The van der Waals surface area contributed by atoms with Gasteiger partial charge in [0.05, 0.1) is 11.0 Å². The number of imidazole rings is 1. The van der Waals surface area contributed by atoms with Crippen LogP contribution in [0, 0.1) is 0 Å². The van der Waals surface area contributed by atoms with Crippen molar-refractivity contribution in [1.29, 1.82) is 0 Å². The molecule has 0 spiro atoms. The summed E-state index contributed by atoms with van der Waals surface area (Å²) in [6, 6.07) is 21.4. The van der Waals surface area contributed by atoms with Gasteiger partial charge >= 0.3 is 0 Å². The van der Waals surface area contributed by atoms with Gasteiger partial charge < -0.3 is 4.90 Å². The third kappa shape index (κ3) is 1.80. The molecule has 0 radical (unpaired) electrons. The molecule has 24 heavy (non-hydrogen) atoms. The van der Waals surface area contributed by atoms with Crippen LogP contribution < -0.4 is 4.90 Å². The zero-order valence-corrected chi connectivity index (χ0v) is 14.2. The number of hydrogen-bond donors (Lipinski definition) is 0. The summed E-state index contributed by atoms with van der Waals surface area (Å²) >= 11 is 1.81. The second kappa shape index (κ2) is 5.21. The highest BCUT2D eigenvalue weighted by Gasteiger charge is 2.33. The van der Waals surface area contributed by atoms with Gasteiger partial charge in [0, 0.05) is 22.7 Å². The van der Waals surface area contributed by atoms with Crippen molar-refractivity contribution in [1.82, 2.24) is 9.55 Å². The van der Waals surface area contributed by atoms with Crippen LogP contribution in [0.3, 0.4) is 0 Å². The first kappa shape index (κ1) is 13.8. The highest BCUT2D eigenvalue weighted by atomic mass is 32.1. The van der Waals surface area contributed by atoms with E-state index in [9.17, 15) is 0 Å². The van der Waals surface area contributed by atoms with E-state index in [2.05, 4.69) is 82.4 Å². The molecule has 0 bridgehead atoms. The van der Waals surface area contributed by atoms with Crippen molar-refractivity contribution < 1.29 is 0 Å². The monoisotopic (exact) mass is 331 g/mol. The molecule has 1 aliphatic rings. The summed E-state index contributed by atoms with van der Waals surface area (Å²) in [5.74, 6) is 1.06. The molecule has 2 aromatic carbocycles. The molecule has 0 N–H and O–H groups in total. The maximum Gasteiger partial charge on any atom is 0.145 e. The topological polar surface area (TPSA) is 21.1 Å². The smallest absolute Gasteiger partial charge is 0.145 e. The fourth-order valence-corrected chi connectivity index (χ4v) is 4.55. The molecule has 0 saturated carbocycles. The van der Waals surface area contributed by atoms with Gasteiger partial charge in [-0.15, -0.1) is 11.3 Å². The van der Waals surface area contributed by atoms with Crippen LogP contribution in [0.5, 0.6) is 0 Å². The Kier molecular flexibility index (Phi) is 3.00. The Hall–Kier alpha value is -2.59. The minimum absolute atomic E-state index is 0.160. The fraction of sp³-hybridized carbons (Fsp3) is 0.150. The molecule has 1 atom stereocenters. The van der Waals surface area contributed by atoms with E-state index in [4.69, 9.17) is 4.98 Å². The Balaban J connectivity index is 1.90. The fourth-order valence-electron chi connectivity index (χ4n) is 3.73. The van der Waals surface area contributed by atoms with E-state index in [1.54, 1.807) is 0 Å². The lowest BCUT2D eigenvalue weighted by Crippen LogP contribution is -2.36. The maximum atomic E-state index is 4.96. The van der Waals surface area contributed by atoms with Crippen LogP contribution in [0.2, 0.25) is 0 Å². The van der Waals surface area contributed by atoms with Gasteiger partial charge in [0.25, 0.3) is 0 Å². The standard InChI is InChI=1S/C20H17N3S/c1-2-22-16-10-5-3-8-14(16)19-21-15-9-4-6-11-17(15)23(19)20(22)18-12-7-13-24-18/h3-13,20H,2H2,1H3/t20-/m0/s1. The number of rotatable bonds is 2. The van der Waals surface area contributed by atoms with Gasteiger partial charge in [0.1, 0.15) is 12.0 Å². The maximum absolute atomic E-state index is 4.96. The molecule has 3 nitrogen and oxygen atoms in total. The average molecular weight is 331 g/mol. The van der Waals surface area contributed by atoms with Gasteiger partial charge in [-0.1, -0.05) is 30.3 Å². The van der Waals surface area contributed by atoms with Crippen molar-refractivity contribution in [3.05, 3.63) is 70.9 Å². The number of thiophene rings is 1. The largest absolute Gasteiger partial charge is 0.346 e. The highest BCUT2D eigenvalue weighted by Crippen LogP contribution is 2.45. The lowest BCUT2D eigenvalue weighted by Gasteiger charge is -2.39. The van der Waals surface area contributed by atoms with E-state index in [0.29, 0.717) is 0 Å². The Morgan fingerprint density at radius 3 is 2.67 bits per heavy atom. The molecular weight excluding hydrogens is 314 g/mol. The summed E-state index contributed by atoms with van der Waals surface area (Å²) in [7, 11) is 0. The molecular formula is C20H17N3S. The molecule has 1 aliphatic heterocycles. The average Bonchev–Trinajstić information content (AvgIpc) is 3.28. The molecule has 0 aliphatic carbocycles. The Morgan fingerprint density at radius 1 is 1.00 bits per heavy atom. The molecule has 2 aromatic heterocycles. The van der Waals surface area contributed by atoms with Gasteiger partial charge in [0.2, 0.25) is 0 Å². The molecule has 0 fully saturated rings. The summed E-state index contributed by atoms with van der Waals surface area (Å²) in [4.78, 5) is 8.78. The van der Waals surface area contributed by atoms with Gasteiger partial charge in [-0.2, -0.15) is 0 Å². The molecule has 118 valence electrons. The van der Waals surface area contributed by atoms with Crippen molar-refractivity contribution >= 4 is 28.1 Å². The van der Waals surface area contributed by atoms with Gasteiger partial charge in [0.15, 0.2) is 0 Å². The van der Waals surface area contributed by atoms with Gasteiger partial charge in [-0.25, -0.2) is 4.98 Å². The zero-order valence-electron chi connectivity index (χ0n) is 13.4. The van der Waals surface area contributed by atoms with E-state index in [1.807, 2.05) is 11.3 Å². The van der Waals surface area contributed by atoms with E-state index in [-0.39, 0.29) is 6.17 Å². The van der Waals surface area contributed by atoms with Crippen molar-refractivity contribution in [2.75, 3.05) is 11.4 Å². The highest BCUT2D eigenvalue weighted by molar-refractivity contribution is 7.10. The van der Waals surface area contributed by atoms with Crippen LogP contribution in [0.4, 0.5) is 5.69 Å². The summed E-state index contributed by atoms with van der Waals surface area (Å²) in [6.07, 6.45) is 0.160. The van der Waals surface area contributed by atoms with E-state index >= 15 is 0 Å². The molecule has 5 rings (SSSR count). The third-order valence-electron chi connectivity index (χ3n) is 4.73. The number of fused-ring (bicyclic) bond motifs is 5. The predicted octanol–water partition coefficient (Wildman–Crippen LogP) is 5.15. The van der Waals surface area contributed by atoms with Crippen LogP contribution in [0.25, 0.3) is 22.4 Å². The molecule has 3 heterocycles. The van der Waals surface area contributed by atoms with Crippen LogP contribution in [-0.2, 0) is 0 Å². The summed E-state index contributed by atoms with van der Waals surface area (Å²) in [5, 5.41) is 2.16. The number of nitrogens with zero attached hydrogens (tertiary/aromatic N) is 3. The van der Waals surface area contributed by atoms with E-state index in [0.717, 1.165) is 17.9 Å².